The minimum Gasteiger partial charge on any atom is -0.344 e. The lowest BCUT2D eigenvalue weighted by molar-refractivity contribution is -0.119. The third-order valence-corrected chi connectivity index (χ3v) is 14.1. The second-order valence-corrected chi connectivity index (χ2v) is 19.9. The molecule has 2 aliphatic rings. The zero-order valence-electron chi connectivity index (χ0n) is 39.4. The van der Waals surface area contributed by atoms with Gasteiger partial charge in [-0.1, -0.05) is 0 Å². The van der Waals surface area contributed by atoms with Gasteiger partial charge in [-0.15, -0.1) is 0 Å². The second kappa shape index (κ2) is 19.8. The highest BCUT2D eigenvalue weighted by Gasteiger charge is 2.38. The lowest BCUT2D eigenvalue weighted by Crippen LogP contribution is -2.55. The van der Waals surface area contributed by atoms with Gasteiger partial charge in [0.15, 0.2) is 0 Å². The number of carbonyl (C=O) groups excluding carboxylic acids is 6. The number of aromatic nitrogens is 2. The number of sulfonamides is 1. The number of hydrogen-bond donors (Lipinski definition) is 5. The maximum Gasteiger partial charge on any atom is 0.294 e. The summed E-state index contributed by atoms with van der Waals surface area (Å²) < 4.78 is 55.0. The van der Waals surface area contributed by atoms with Gasteiger partial charge in [-0.3, -0.25) is 28.8 Å². The van der Waals surface area contributed by atoms with Crippen LogP contribution >= 0.6 is 0 Å². The predicted molar refractivity (Wildman–Crippen MR) is 247 cm³/mol. The summed E-state index contributed by atoms with van der Waals surface area (Å²) in [7, 11) is -0.0529. The van der Waals surface area contributed by atoms with Gasteiger partial charge in [0.2, 0.25) is 10.0 Å². The Kier molecular flexibility index (Phi) is 15.3. The number of Topliss-reactive ketones (excluding diaryl/α,β-unsaturated/α-hetero) is 2. The summed E-state index contributed by atoms with van der Waals surface area (Å²) in [6, 6.07) is 8.53. The van der Waals surface area contributed by atoms with Gasteiger partial charge in [0.1, 0.15) is 11.6 Å². The molecule has 0 spiro atoms. The molecule has 0 saturated carbocycles. The summed E-state index contributed by atoms with van der Waals surface area (Å²) in [5, 5.41) is 14.4. The van der Waals surface area contributed by atoms with Crippen LogP contribution in [-0.4, -0.2) is 101 Å². The zero-order valence-corrected chi connectivity index (χ0v) is 40.2. The first-order valence-electron chi connectivity index (χ1n) is 21.5. The van der Waals surface area contributed by atoms with Crippen LogP contribution in [0.15, 0.2) is 36.4 Å². The van der Waals surface area contributed by atoms with E-state index in [2.05, 4.69) is 26.6 Å². The van der Waals surface area contributed by atoms with Crippen molar-refractivity contribution in [1.82, 2.24) is 29.4 Å². The number of amides is 4. The van der Waals surface area contributed by atoms with Gasteiger partial charge in [-0.05, 0) is 153 Å². The molecule has 4 heterocycles. The first kappa shape index (κ1) is 50.9. The van der Waals surface area contributed by atoms with Crippen LogP contribution in [-0.2, 0) is 33.7 Å². The van der Waals surface area contributed by atoms with E-state index >= 15 is 0 Å². The van der Waals surface area contributed by atoms with Gasteiger partial charge >= 0.3 is 0 Å². The number of nitrogens with zero attached hydrogens (tertiary/aromatic N) is 3. The quantitative estimate of drug-likeness (QED) is 0.0983. The highest BCUT2D eigenvalue weighted by Crippen LogP contribution is 2.28. The van der Waals surface area contributed by atoms with Crippen LogP contribution in [0.1, 0.15) is 115 Å². The van der Waals surface area contributed by atoms with Gasteiger partial charge < -0.3 is 35.7 Å². The molecule has 16 nitrogen and oxygen atoms in total. The fourth-order valence-electron chi connectivity index (χ4n) is 8.52. The van der Waals surface area contributed by atoms with E-state index in [1.165, 1.54) is 39.2 Å². The third kappa shape index (κ3) is 11.1. The molecule has 0 unspecified atom stereocenters. The van der Waals surface area contributed by atoms with Crippen LogP contribution in [0.5, 0.6) is 0 Å². The molecule has 0 bridgehead atoms. The van der Waals surface area contributed by atoms with E-state index in [0.29, 0.717) is 63.4 Å². The Balaban J connectivity index is 0.000000249. The molecule has 0 radical (unpaired) electrons. The second-order valence-electron chi connectivity index (χ2n) is 17.9. The molecule has 2 saturated heterocycles. The van der Waals surface area contributed by atoms with Crippen LogP contribution in [0.3, 0.4) is 0 Å². The Hall–Kier alpha value is -6.05. The maximum absolute atomic E-state index is 13.6. The van der Waals surface area contributed by atoms with Crippen LogP contribution in [0, 0.1) is 53.2 Å². The van der Waals surface area contributed by atoms with E-state index in [-0.39, 0.29) is 41.7 Å². The Morgan fingerprint density at radius 1 is 0.621 bits per heavy atom. The molecule has 5 N–H and O–H groups in total. The van der Waals surface area contributed by atoms with E-state index in [1.54, 1.807) is 73.2 Å². The number of halogens is 2. The number of rotatable bonds is 11. The molecule has 19 heteroatoms. The molecular formula is C47H60F2N8O8S. The number of nitrogens with one attached hydrogen (secondary N) is 5. The SMILES string of the molecule is Cc1cc(NC(=O)c2c(C)c(C(=O)C(=O)NC3(C)CCN(S(C)(=O)=O)CC3)n(C)c2C)ccc1F.Cc1cc(NC(=O)c2c(C)c(C(=O)C(=O)NC3(C)CCNCC3)n(C)c2C)ccc1F. The molecule has 2 aliphatic heterocycles. The minimum absolute atomic E-state index is 0.0950. The summed E-state index contributed by atoms with van der Waals surface area (Å²) in [6.45, 7) is 15.6. The topological polar surface area (TPSA) is 210 Å². The van der Waals surface area contributed by atoms with Crippen LogP contribution in [0.2, 0.25) is 0 Å². The average molecular weight is 935 g/mol. The Bertz CT molecular complexity index is 2730. The largest absolute Gasteiger partial charge is 0.344 e. The molecule has 356 valence electrons. The Labute approximate surface area is 384 Å². The molecule has 66 heavy (non-hydrogen) atoms. The summed E-state index contributed by atoms with van der Waals surface area (Å²) in [4.78, 5) is 77.7. The van der Waals surface area contributed by atoms with Crippen molar-refractivity contribution in [3.8, 4) is 0 Å². The van der Waals surface area contributed by atoms with Crippen molar-refractivity contribution in [2.45, 2.75) is 92.2 Å². The maximum atomic E-state index is 13.6. The summed E-state index contributed by atoms with van der Waals surface area (Å²) >= 11 is 0. The number of piperidine rings is 2. The van der Waals surface area contributed by atoms with Crippen LogP contribution in [0.4, 0.5) is 20.2 Å². The average Bonchev–Trinajstić information content (AvgIpc) is 3.60. The minimum atomic E-state index is -3.32. The van der Waals surface area contributed by atoms with Gasteiger partial charge in [0.05, 0.1) is 28.8 Å². The predicted octanol–water partition coefficient (Wildman–Crippen LogP) is 5.24. The zero-order chi connectivity index (χ0) is 49.2. The number of hydrogen-bond acceptors (Lipinski definition) is 9. The number of anilines is 2. The van der Waals surface area contributed by atoms with Crippen molar-refractivity contribution in [2.24, 2.45) is 14.1 Å². The Morgan fingerprint density at radius 3 is 1.33 bits per heavy atom. The molecule has 4 aromatic rings. The molecule has 2 aromatic heterocycles. The number of carbonyl (C=O) groups is 6. The fraction of sp³-hybridized carbons (Fsp3) is 0.447. The standard InChI is InChI=1S/C24H31FN4O5S.C23H29FN4O3/c1-14-13-17(7-8-18(14)25)26-22(31)19-15(2)20(28(5)16(19)3)21(30)23(32)27-24(4)9-11-29(12-10-24)35(6,33)34;1-13-12-16(6-7-17(13)24)26-21(30)18-14(2)19(28(5)15(18)3)20(29)22(31)27-23(4)8-10-25-11-9-23/h7-8,13H,9-12H2,1-6H3,(H,26,31)(H,27,32);6-7,12,25H,8-11H2,1-5H3,(H,26,30)(H,27,31). The van der Waals surface area contributed by atoms with E-state index in [9.17, 15) is 46.0 Å². The molecule has 6 rings (SSSR count). The van der Waals surface area contributed by atoms with Crippen molar-refractivity contribution in [3.63, 3.8) is 0 Å². The van der Waals surface area contributed by atoms with Gasteiger partial charge in [0.25, 0.3) is 35.2 Å². The summed E-state index contributed by atoms with van der Waals surface area (Å²) in [5.74, 6) is -4.56. The fourth-order valence-corrected chi connectivity index (χ4v) is 9.36. The van der Waals surface area contributed by atoms with Gasteiger partial charge in [-0.2, -0.15) is 0 Å². The highest BCUT2D eigenvalue weighted by molar-refractivity contribution is 7.88. The van der Waals surface area contributed by atoms with Crippen molar-refractivity contribution in [1.29, 1.82) is 0 Å². The molecule has 0 aliphatic carbocycles. The van der Waals surface area contributed by atoms with Crippen LogP contribution < -0.4 is 26.6 Å². The normalized spacial score (nSPS) is 15.8. The highest BCUT2D eigenvalue weighted by atomic mass is 32.2. The van der Waals surface area contributed by atoms with E-state index in [1.807, 2.05) is 6.92 Å². The lowest BCUT2D eigenvalue weighted by atomic mass is 9.90. The van der Waals surface area contributed by atoms with Crippen molar-refractivity contribution < 1.29 is 46.0 Å². The first-order valence-corrected chi connectivity index (χ1v) is 23.4. The van der Waals surface area contributed by atoms with Gasteiger partial charge in [-0.25, -0.2) is 21.5 Å². The molecule has 2 aromatic carbocycles. The Morgan fingerprint density at radius 2 is 0.985 bits per heavy atom. The van der Waals surface area contributed by atoms with Crippen LogP contribution in [0.25, 0.3) is 0 Å². The first-order chi connectivity index (χ1) is 30.7. The summed E-state index contributed by atoms with van der Waals surface area (Å²) in [5.41, 5.74) is 3.23. The number of ketones is 2. The van der Waals surface area contributed by atoms with E-state index in [4.69, 9.17) is 0 Å². The van der Waals surface area contributed by atoms with E-state index < -0.39 is 56.3 Å². The smallest absolute Gasteiger partial charge is 0.294 e. The molecule has 2 fully saturated rings. The van der Waals surface area contributed by atoms with E-state index in [0.717, 1.165) is 32.2 Å². The molecular weight excluding hydrogens is 875 g/mol. The number of benzene rings is 2. The van der Waals surface area contributed by atoms with Gasteiger partial charge in [0, 0.05) is 61.0 Å². The molecule has 4 amide bonds. The monoisotopic (exact) mass is 934 g/mol. The summed E-state index contributed by atoms with van der Waals surface area (Å²) in [6.07, 6.45) is 3.36. The van der Waals surface area contributed by atoms with Crippen molar-refractivity contribution >= 4 is 56.6 Å². The number of aryl methyl sites for hydroxylation is 2. The third-order valence-electron chi connectivity index (χ3n) is 12.8. The van der Waals surface area contributed by atoms with Crippen molar-refractivity contribution in [3.05, 3.63) is 104 Å². The van der Waals surface area contributed by atoms with Crippen molar-refractivity contribution in [2.75, 3.05) is 43.1 Å². The lowest BCUT2D eigenvalue weighted by Gasteiger charge is -2.38. The molecule has 0 atom stereocenters.